The van der Waals surface area contributed by atoms with Crippen LogP contribution in [0.25, 0.3) is 0 Å². The molecule has 1 fully saturated rings. The van der Waals surface area contributed by atoms with Gasteiger partial charge in [-0.2, -0.15) is 4.31 Å². The summed E-state index contributed by atoms with van der Waals surface area (Å²) in [6.45, 7) is 2.13. The molecular formula is C22H23N3O7S. The first kappa shape index (κ1) is 21.5. The molecule has 11 heteroatoms. The van der Waals surface area contributed by atoms with E-state index in [4.69, 9.17) is 14.2 Å². The van der Waals surface area contributed by atoms with Crippen LogP contribution in [-0.2, 0) is 19.6 Å². The minimum Gasteiger partial charge on any atom is -0.479 e. The lowest BCUT2D eigenvalue weighted by atomic mass is 9.98. The zero-order chi connectivity index (χ0) is 23.2. The third-order valence-corrected chi connectivity index (χ3v) is 7.78. The van der Waals surface area contributed by atoms with E-state index in [0.717, 1.165) is 0 Å². The number of ether oxygens (including phenoxy) is 3. The SMILES string of the molecule is C[C@H]1Oc2ccc(S(=O)(=O)N3CCC[C@@H](C(=O)Nc4ccc5c(c4)OCO5)C3)cc2NC1=O. The number of hydrogen-bond donors (Lipinski definition) is 2. The Kier molecular flexibility index (Phi) is 5.37. The first-order valence-electron chi connectivity index (χ1n) is 10.6. The third-order valence-electron chi connectivity index (χ3n) is 5.91. The third kappa shape index (κ3) is 4.09. The molecule has 33 heavy (non-hydrogen) atoms. The molecule has 3 aliphatic rings. The van der Waals surface area contributed by atoms with E-state index in [9.17, 15) is 18.0 Å². The van der Waals surface area contributed by atoms with Gasteiger partial charge in [0.15, 0.2) is 17.6 Å². The van der Waals surface area contributed by atoms with Crippen LogP contribution >= 0.6 is 0 Å². The Labute approximate surface area is 190 Å². The maximum absolute atomic E-state index is 13.3. The van der Waals surface area contributed by atoms with Crippen LogP contribution in [0.3, 0.4) is 0 Å². The van der Waals surface area contributed by atoms with E-state index < -0.39 is 22.0 Å². The number of nitrogens with one attached hydrogen (secondary N) is 2. The maximum atomic E-state index is 13.3. The van der Waals surface area contributed by atoms with Crippen molar-refractivity contribution in [3.8, 4) is 17.2 Å². The summed E-state index contributed by atoms with van der Waals surface area (Å²) in [6.07, 6.45) is 0.487. The molecule has 0 aliphatic carbocycles. The van der Waals surface area contributed by atoms with Crippen LogP contribution in [0.15, 0.2) is 41.3 Å². The Bertz CT molecular complexity index is 1230. The normalized spacial score (nSPS) is 22.2. The van der Waals surface area contributed by atoms with Gasteiger partial charge in [-0.05, 0) is 50.1 Å². The summed E-state index contributed by atoms with van der Waals surface area (Å²) in [6, 6.07) is 9.50. The van der Waals surface area contributed by atoms with Gasteiger partial charge in [-0.3, -0.25) is 9.59 Å². The number of carbonyl (C=O) groups excluding carboxylic acids is 2. The lowest BCUT2D eigenvalue weighted by Gasteiger charge is -2.31. The fourth-order valence-electron chi connectivity index (χ4n) is 4.09. The van der Waals surface area contributed by atoms with Crippen LogP contribution in [0.4, 0.5) is 11.4 Å². The predicted octanol–water partition coefficient (Wildman–Crippen LogP) is 2.17. The lowest BCUT2D eigenvalue weighted by Crippen LogP contribution is -2.43. The van der Waals surface area contributed by atoms with E-state index in [-0.39, 0.29) is 30.0 Å². The molecule has 1 saturated heterocycles. The van der Waals surface area contributed by atoms with Crippen LogP contribution in [0.1, 0.15) is 19.8 Å². The summed E-state index contributed by atoms with van der Waals surface area (Å²) < 4.78 is 44.0. The standard InChI is InChI=1S/C22H23N3O7S/c1-13-21(26)24-17-10-16(5-7-18(17)32-13)33(28,29)25-8-2-3-14(11-25)22(27)23-15-4-6-19-20(9-15)31-12-30-19/h4-7,9-10,13-14H,2-3,8,11-12H2,1H3,(H,23,27)(H,24,26)/t13-,14-/m1/s1. The zero-order valence-corrected chi connectivity index (χ0v) is 18.7. The minimum absolute atomic E-state index is 0.0385. The smallest absolute Gasteiger partial charge is 0.265 e. The molecule has 3 aliphatic heterocycles. The Balaban J connectivity index is 1.30. The van der Waals surface area contributed by atoms with Gasteiger partial charge < -0.3 is 24.8 Å². The number of sulfonamides is 1. The van der Waals surface area contributed by atoms with Gasteiger partial charge in [0.2, 0.25) is 22.7 Å². The number of piperidine rings is 1. The summed E-state index contributed by atoms with van der Waals surface area (Å²) in [7, 11) is -3.86. The van der Waals surface area contributed by atoms with Gasteiger partial charge in [-0.15, -0.1) is 0 Å². The highest BCUT2D eigenvalue weighted by Crippen LogP contribution is 2.35. The van der Waals surface area contributed by atoms with Crippen molar-refractivity contribution < 1.29 is 32.2 Å². The monoisotopic (exact) mass is 473 g/mol. The van der Waals surface area contributed by atoms with Crippen molar-refractivity contribution in [2.75, 3.05) is 30.5 Å². The number of fused-ring (bicyclic) bond motifs is 2. The van der Waals surface area contributed by atoms with Crippen molar-refractivity contribution >= 4 is 33.2 Å². The largest absolute Gasteiger partial charge is 0.479 e. The maximum Gasteiger partial charge on any atom is 0.265 e. The summed E-state index contributed by atoms with van der Waals surface area (Å²) >= 11 is 0. The molecule has 0 radical (unpaired) electrons. The van der Waals surface area contributed by atoms with Crippen molar-refractivity contribution in [3.05, 3.63) is 36.4 Å². The van der Waals surface area contributed by atoms with Gasteiger partial charge >= 0.3 is 0 Å². The van der Waals surface area contributed by atoms with Crippen molar-refractivity contribution in [2.45, 2.75) is 30.8 Å². The van der Waals surface area contributed by atoms with E-state index in [2.05, 4.69) is 10.6 Å². The number of hydrogen-bond acceptors (Lipinski definition) is 7. The van der Waals surface area contributed by atoms with E-state index in [1.807, 2.05) is 0 Å². The highest BCUT2D eigenvalue weighted by molar-refractivity contribution is 7.89. The first-order chi connectivity index (χ1) is 15.8. The summed E-state index contributed by atoms with van der Waals surface area (Å²) in [5, 5.41) is 5.51. The quantitative estimate of drug-likeness (QED) is 0.698. The number of amides is 2. The molecular weight excluding hydrogens is 450 g/mol. The van der Waals surface area contributed by atoms with Crippen molar-refractivity contribution in [2.24, 2.45) is 5.92 Å². The molecule has 2 amide bonds. The molecule has 2 N–H and O–H groups in total. The second-order valence-electron chi connectivity index (χ2n) is 8.17. The predicted molar refractivity (Wildman–Crippen MR) is 118 cm³/mol. The fourth-order valence-corrected chi connectivity index (χ4v) is 5.64. The van der Waals surface area contributed by atoms with E-state index in [0.29, 0.717) is 48.0 Å². The molecule has 0 aromatic heterocycles. The Hall–Kier alpha value is -3.31. The second-order valence-corrected chi connectivity index (χ2v) is 10.1. The average Bonchev–Trinajstić information content (AvgIpc) is 3.27. The molecule has 10 nitrogen and oxygen atoms in total. The lowest BCUT2D eigenvalue weighted by molar-refractivity contribution is -0.123. The molecule has 5 rings (SSSR count). The number of carbonyl (C=O) groups is 2. The average molecular weight is 474 g/mol. The number of benzene rings is 2. The fraction of sp³-hybridized carbons (Fsp3) is 0.364. The highest BCUT2D eigenvalue weighted by atomic mass is 32.2. The van der Waals surface area contributed by atoms with Gasteiger partial charge in [-0.25, -0.2) is 8.42 Å². The minimum atomic E-state index is -3.86. The molecule has 0 bridgehead atoms. The molecule has 2 atom stereocenters. The molecule has 174 valence electrons. The van der Waals surface area contributed by atoms with Crippen LogP contribution < -0.4 is 24.8 Å². The topological polar surface area (TPSA) is 123 Å². The number of anilines is 2. The van der Waals surface area contributed by atoms with Crippen molar-refractivity contribution in [1.82, 2.24) is 4.31 Å². The molecule has 0 saturated carbocycles. The van der Waals surface area contributed by atoms with Gasteiger partial charge in [0, 0.05) is 24.8 Å². The van der Waals surface area contributed by atoms with E-state index in [1.54, 1.807) is 25.1 Å². The first-order valence-corrected chi connectivity index (χ1v) is 12.1. The van der Waals surface area contributed by atoms with Gasteiger partial charge in [0.1, 0.15) is 5.75 Å². The zero-order valence-electron chi connectivity index (χ0n) is 17.9. The van der Waals surface area contributed by atoms with Crippen LogP contribution in [0.5, 0.6) is 17.2 Å². The van der Waals surface area contributed by atoms with Gasteiger partial charge in [0.25, 0.3) is 5.91 Å². The van der Waals surface area contributed by atoms with Crippen LogP contribution in [0, 0.1) is 5.92 Å². The molecule has 0 unspecified atom stereocenters. The number of nitrogens with zero attached hydrogens (tertiary/aromatic N) is 1. The summed E-state index contributed by atoms with van der Waals surface area (Å²) in [5.74, 6) is 0.493. The molecule has 2 aromatic rings. The Morgan fingerprint density at radius 3 is 2.76 bits per heavy atom. The van der Waals surface area contributed by atoms with Crippen LogP contribution in [-0.4, -0.2) is 50.5 Å². The molecule has 3 heterocycles. The van der Waals surface area contributed by atoms with E-state index >= 15 is 0 Å². The highest BCUT2D eigenvalue weighted by Gasteiger charge is 2.34. The van der Waals surface area contributed by atoms with Crippen molar-refractivity contribution in [3.63, 3.8) is 0 Å². The van der Waals surface area contributed by atoms with Gasteiger partial charge in [-0.1, -0.05) is 0 Å². The van der Waals surface area contributed by atoms with Gasteiger partial charge in [0.05, 0.1) is 16.5 Å². The van der Waals surface area contributed by atoms with Crippen molar-refractivity contribution in [1.29, 1.82) is 0 Å². The Morgan fingerprint density at radius 1 is 1.12 bits per heavy atom. The molecule has 2 aromatic carbocycles. The second kappa shape index (κ2) is 8.23. The Morgan fingerprint density at radius 2 is 1.91 bits per heavy atom. The summed E-state index contributed by atoms with van der Waals surface area (Å²) in [5.41, 5.74) is 0.872. The van der Waals surface area contributed by atoms with Crippen LogP contribution in [0.2, 0.25) is 0 Å². The van der Waals surface area contributed by atoms with E-state index in [1.165, 1.54) is 22.5 Å². The molecule has 0 spiro atoms. The number of rotatable bonds is 4. The summed E-state index contributed by atoms with van der Waals surface area (Å²) in [4.78, 5) is 24.8.